The number of aromatic nitrogens is 1. The van der Waals surface area contributed by atoms with Crippen LogP contribution in [0.4, 0.5) is 5.69 Å². The average Bonchev–Trinajstić information content (AvgIpc) is 3.11. The van der Waals surface area contributed by atoms with Gasteiger partial charge < -0.3 is 10.7 Å². The number of hydrogen-bond donors (Lipinski definition) is 2. The third-order valence-electron chi connectivity index (χ3n) is 4.03. The quantitative estimate of drug-likeness (QED) is 0.855. The van der Waals surface area contributed by atoms with E-state index in [2.05, 4.69) is 4.98 Å². The van der Waals surface area contributed by atoms with Crippen LogP contribution in [0.25, 0.3) is 0 Å². The molecule has 1 saturated heterocycles. The molecule has 0 bridgehead atoms. The summed E-state index contributed by atoms with van der Waals surface area (Å²) in [6, 6.07) is 8.61. The number of aromatic amines is 1. The lowest BCUT2D eigenvalue weighted by Gasteiger charge is -2.23. The molecule has 1 aromatic heterocycles. The number of H-pyrrole nitrogens is 1. The van der Waals surface area contributed by atoms with Crippen LogP contribution in [-0.2, 0) is 10.0 Å². The zero-order valence-corrected chi connectivity index (χ0v) is 12.7. The van der Waals surface area contributed by atoms with E-state index in [1.165, 1.54) is 0 Å². The van der Waals surface area contributed by atoms with Crippen molar-refractivity contribution in [1.29, 1.82) is 0 Å². The number of nitrogens with zero attached hydrogens (tertiary/aromatic N) is 1. The lowest BCUT2D eigenvalue weighted by molar-refractivity contribution is 0.391. The van der Waals surface area contributed by atoms with Gasteiger partial charge in [-0.25, -0.2) is 8.42 Å². The molecule has 112 valence electrons. The maximum atomic E-state index is 12.9. The smallest absolute Gasteiger partial charge is 0.243 e. The Hall–Kier alpha value is -1.79. The number of nitrogens with two attached hydrogens (primary N) is 1. The third kappa shape index (κ3) is 2.45. The van der Waals surface area contributed by atoms with Crippen molar-refractivity contribution in [2.45, 2.75) is 30.7 Å². The highest BCUT2D eigenvalue weighted by Crippen LogP contribution is 2.36. The van der Waals surface area contributed by atoms with Crippen molar-refractivity contribution in [1.82, 2.24) is 9.29 Å². The Morgan fingerprint density at radius 1 is 1.33 bits per heavy atom. The molecule has 21 heavy (non-hydrogen) atoms. The number of sulfonamides is 1. The second-order valence-corrected chi connectivity index (χ2v) is 7.31. The van der Waals surface area contributed by atoms with Gasteiger partial charge in [-0.2, -0.15) is 4.31 Å². The minimum atomic E-state index is -3.50. The molecule has 3 rings (SSSR count). The first-order chi connectivity index (χ1) is 10.00. The molecule has 5 nitrogen and oxygen atoms in total. The van der Waals surface area contributed by atoms with Crippen LogP contribution in [0.3, 0.4) is 0 Å². The molecule has 2 heterocycles. The van der Waals surface area contributed by atoms with E-state index in [0.29, 0.717) is 17.1 Å². The van der Waals surface area contributed by atoms with E-state index in [4.69, 9.17) is 5.73 Å². The number of nitrogen functional groups attached to an aromatic ring is 1. The van der Waals surface area contributed by atoms with Crippen LogP contribution in [0.5, 0.6) is 0 Å². The van der Waals surface area contributed by atoms with Crippen LogP contribution in [0.1, 0.15) is 30.1 Å². The zero-order valence-electron chi connectivity index (χ0n) is 11.9. The van der Waals surface area contributed by atoms with Gasteiger partial charge in [0.1, 0.15) is 0 Å². The molecule has 1 aliphatic rings. The summed E-state index contributed by atoms with van der Waals surface area (Å²) in [5.41, 5.74) is 8.12. The fraction of sp³-hybridized carbons (Fsp3) is 0.333. The van der Waals surface area contributed by atoms with Crippen molar-refractivity contribution in [2.24, 2.45) is 0 Å². The lowest BCUT2D eigenvalue weighted by Crippen LogP contribution is -2.30. The average molecular weight is 305 g/mol. The van der Waals surface area contributed by atoms with Crippen LogP contribution in [0, 0.1) is 6.92 Å². The van der Waals surface area contributed by atoms with Gasteiger partial charge in [-0.15, -0.1) is 0 Å². The molecule has 1 unspecified atom stereocenters. The van der Waals surface area contributed by atoms with Gasteiger partial charge in [0.05, 0.1) is 10.9 Å². The van der Waals surface area contributed by atoms with Gasteiger partial charge in [0, 0.05) is 24.1 Å². The monoisotopic (exact) mass is 305 g/mol. The molecule has 0 saturated carbocycles. The Balaban J connectivity index is 1.99. The lowest BCUT2D eigenvalue weighted by atomic mass is 10.2. The molecule has 1 atom stereocenters. The Labute approximate surface area is 124 Å². The summed E-state index contributed by atoms with van der Waals surface area (Å²) >= 11 is 0. The highest BCUT2D eigenvalue weighted by Gasteiger charge is 2.36. The Kier molecular flexibility index (Phi) is 3.51. The summed E-state index contributed by atoms with van der Waals surface area (Å²) in [6.45, 7) is 2.37. The number of nitrogens with one attached hydrogen (secondary N) is 1. The summed E-state index contributed by atoms with van der Waals surface area (Å²) in [5, 5.41) is 0. The Morgan fingerprint density at radius 3 is 2.81 bits per heavy atom. The minimum absolute atomic E-state index is 0.108. The van der Waals surface area contributed by atoms with E-state index in [9.17, 15) is 8.42 Å². The predicted molar refractivity (Wildman–Crippen MR) is 82.3 cm³/mol. The molecular formula is C15H19N3O2S. The number of rotatable bonds is 3. The van der Waals surface area contributed by atoms with Crippen molar-refractivity contribution in [3.8, 4) is 0 Å². The van der Waals surface area contributed by atoms with Crippen molar-refractivity contribution >= 4 is 15.7 Å². The van der Waals surface area contributed by atoms with E-state index in [0.717, 1.165) is 24.1 Å². The highest BCUT2D eigenvalue weighted by molar-refractivity contribution is 7.89. The van der Waals surface area contributed by atoms with E-state index < -0.39 is 10.0 Å². The molecule has 0 radical (unpaired) electrons. The van der Waals surface area contributed by atoms with E-state index in [1.807, 2.05) is 25.3 Å². The highest BCUT2D eigenvalue weighted by atomic mass is 32.2. The number of anilines is 1. The van der Waals surface area contributed by atoms with E-state index >= 15 is 0 Å². The summed E-state index contributed by atoms with van der Waals surface area (Å²) in [5.74, 6) is 0. The molecule has 2 aromatic rings. The Bertz CT molecular complexity index is 738. The summed E-state index contributed by atoms with van der Waals surface area (Å²) < 4.78 is 27.3. The third-order valence-corrected chi connectivity index (χ3v) is 5.94. The van der Waals surface area contributed by atoms with Gasteiger partial charge in [-0.1, -0.05) is 0 Å². The van der Waals surface area contributed by atoms with Crippen LogP contribution < -0.4 is 5.73 Å². The fourth-order valence-electron chi connectivity index (χ4n) is 2.83. The van der Waals surface area contributed by atoms with Gasteiger partial charge in [0.25, 0.3) is 0 Å². The summed E-state index contributed by atoms with van der Waals surface area (Å²) in [4.78, 5) is 3.44. The van der Waals surface area contributed by atoms with Gasteiger partial charge in [-0.3, -0.25) is 0 Å². The first kappa shape index (κ1) is 14.2. The van der Waals surface area contributed by atoms with E-state index in [-0.39, 0.29) is 6.04 Å². The maximum Gasteiger partial charge on any atom is 0.243 e. The Morgan fingerprint density at radius 2 is 2.14 bits per heavy atom. The van der Waals surface area contributed by atoms with Gasteiger partial charge in [0.15, 0.2) is 0 Å². The minimum Gasteiger partial charge on any atom is -0.399 e. The van der Waals surface area contributed by atoms with Crippen molar-refractivity contribution in [3.05, 3.63) is 47.8 Å². The van der Waals surface area contributed by atoms with Crippen LogP contribution in [-0.4, -0.2) is 24.3 Å². The second kappa shape index (κ2) is 5.20. The first-order valence-corrected chi connectivity index (χ1v) is 8.45. The summed E-state index contributed by atoms with van der Waals surface area (Å²) in [6.07, 6.45) is 3.54. The topological polar surface area (TPSA) is 79.2 Å². The molecule has 3 N–H and O–H groups in total. The molecular weight excluding hydrogens is 286 g/mol. The van der Waals surface area contributed by atoms with Gasteiger partial charge in [-0.05, 0) is 55.7 Å². The molecule has 6 heteroatoms. The largest absolute Gasteiger partial charge is 0.399 e. The molecule has 0 spiro atoms. The van der Waals surface area contributed by atoms with Crippen LogP contribution in [0.2, 0.25) is 0 Å². The normalized spacial score (nSPS) is 20.0. The molecule has 1 fully saturated rings. The molecule has 1 aromatic carbocycles. The number of hydrogen-bond acceptors (Lipinski definition) is 3. The van der Waals surface area contributed by atoms with Crippen molar-refractivity contribution in [3.63, 3.8) is 0 Å². The predicted octanol–water partition coefficient (Wildman–Crippen LogP) is 2.43. The maximum absolute atomic E-state index is 12.9. The standard InChI is InChI=1S/C15H19N3O2S/c1-11-10-12(6-7-13(11)16)21(19,20)18-9-3-5-15(18)14-4-2-8-17-14/h2,4,6-8,10,15,17H,3,5,9,16H2,1H3. The molecule has 0 aliphatic carbocycles. The van der Waals surface area contributed by atoms with Gasteiger partial charge >= 0.3 is 0 Å². The first-order valence-electron chi connectivity index (χ1n) is 7.01. The van der Waals surface area contributed by atoms with Crippen LogP contribution >= 0.6 is 0 Å². The van der Waals surface area contributed by atoms with Gasteiger partial charge in [0.2, 0.25) is 10.0 Å². The number of benzene rings is 1. The molecule has 0 amide bonds. The number of aryl methyl sites for hydroxylation is 1. The molecule has 1 aliphatic heterocycles. The fourth-order valence-corrected chi connectivity index (χ4v) is 4.59. The zero-order chi connectivity index (χ0) is 15.0. The second-order valence-electron chi connectivity index (χ2n) is 5.42. The summed E-state index contributed by atoms with van der Waals surface area (Å²) in [7, 11) is -3.50. The van der Waals surface area contributed by atoms with Crippen molar-refractivity contribution < 1.29 is 8.42 Å². The van der Waals surface area contributed by atoms with Crippen LogP contribution in [0.15, 0.2) is 41.4 Å². The van der Waals surface area contributed by atoms with Crippen molar-refractivity contribution in [2.75, 3.05) is 12.3 Å². The van der Waals surface area contributed by atoms with E-state index in [1.54, 1.807) is 22.5 Å². The SMILES string of the molecule is Cc1cc(S(=O)(=O)N2CCCC2c2ccc[nH]2)ccc1N.